The van der Waals surface area contributed by atoms with Gasteiger partial charge in [0, 0.05) is 24.0 Å². The summed E-state index contributed by atoms with van der Waals surface area (Å²) < 4.78 is 24.2. The van der Waals surface area contributed by atoms with E-state index >= 15 is 0 Å². The Morgan fingerprint density at radius 1 is 0.969 bits per heavy atom. The van der Waals surface area contributed by atoms with Crippen LogP contribution in [0.3, 0.4) is 0 Å². The first-order valence-electron chi connectivity index (χ1n) is 10.5. The standard InChI is InChI=1S/C22H26N4O6/c1-29-16-11-14(12-17(30-2)19(16)31-3)20-23-18(32-24-20)13-25-9-10-26(22(28)21(25)27)15-7-5-4-6-8-15/h9-12,15H,4-8,13H2,1-3H3. The fraction of sp³-hybridized carbons (Fsp3) is 0.455. The molecule has 1 aliphatic carbocycles. The van der Waals surface area contributed by atoms with Crippen LogP contribution in [0.1, 0.15) is 44.0 Å². The van der Waals surface area contributed by atoms with Crippen LogP contribution in [0.2, 0.25) is 0 Å². The van der Waals surface area contributed by atoms with Crippen molar-refractivity contribution in [1.29, 1.82) is 0 Å². The highest BCUT2D eigenvalue weighted by Crippen LogP contribution is 2.40. The van der Waals surface area contributed by atoms with Crippen molar-refractivity contribution >= 4 is 0 Å². The summed E-state index contributed by atoms with van der Waals surface area (Å²) in [7, 11) is 4.56. The van der Waals surface area contributed by atoms with Crippen LogP contribution in [0.25, 0.3) is 11.4 Å². The summed E-state index contributed by atoms with van der Waals surface area (Å²) >= 11 is 0. The summed E-state index contributed by atoms with van der Waals surface area (Å²) in [6.45, 7) is -0.00297. The van der Waals surface area contributed by atoms with E-state index in [1.807, 2.05) is 0 Å². The third-order valence-electron chi connectivity index (χ3n) is 5.75. The Morgan fingerprint density at radius 2 is 1.66 bits per heavy atom. The zero-order valence-electron chi connectivity index (χ0n) is 18.4. The van der Waals surface area contributed by atoms with E-state index in [4.69, 9.17) is 18.7 Å². The van der Waals surface area contributed by atoms with Crippen LogP contribution in [0.15, 0.2) is 38.6 Å². The van der Waals surface area contributed by atoms with E-state index in [0.717, 1.165) is 25.7 Å². The molecule has 1 aliphatic rings. The second-order valence-corrected chi connectivity index (χ2v) is 7.66. The van der Waals surface area contributed by atoms with Crippen molar-refractivity contribution in [3.63, 3.8) is 0 Å². The molecular formula is C22H26N4O6. The van der Waals surface area contributed by atoms with Crippen LogP contribution < -0.4 is 25.3 Å². The minimum absolute atomic E-state index is 0.00297. The fourth-order valence-corrected chi connectivity index (χ4v) is 4.08. The molecule has 2 aromatic heterocycles. The highest BCUT2D eigenvalue weighted by molar-refractivity contribution is 5.66. The molecule has 3 aromatic rings. The molecule has 0 aliphatic heterocycles. The van der Waals surface area contributed by atoms with Crippen molar-refractivity contribution < 1.29 is 18.7 Å². The van der Waals surface area contributed by atoms with Crippen molar-refractivity contribution in [1.82, 2.24) is 19.3 Å². The Bertz CT molecular complexity index is 1180. The maximum Gasteiger partial charge on any atom is 0.316 e. The van der Waals surface area contributed by atoms with Gasteiger partial charge in [0.05, 0.1) is 21.3 Å². The average molecular weight is 442 g/mol. The van der Waals surface area contributed by atoms with E-state index in [9.17, 15) is 9.59 Å². The molecule has 0 spiro atoms. The van der Waals surface area contributed by atoms with E-state index in [2.05, 4.69) is 10.1 Å². The van der Waals surface area contributed by atoms with E-state index in [0.29, 0.717) is 28.6 Å². The average Bonchev–Trinajstić information content (AvgIpc) is 3.30. The lowest BCUT2D eigenvalue weighted by molar-refractivity contribution is 0.324. The molecule has 0 N–H and O–H groups in total. The normalized spacial score (nSPS) is 14.3. The van der Waals surface area contributed by atoms with Gasteiger partial charge in [0.15, 0.2) is 11.5 Å². The molecule has 10 heteroatoms. The molecule has 10 nitrogen and oxygen atoms in total. The Hall–Kier alpha value is -3.56. The van der Waals surface area contributed by atoms with E-state index in [-0.39, 0.29) is 18.5 Å². The van der Waals surface area contributed by atoms with Crippen molar-refractivity contribution in [2.45, 2.75) is 44.7 Å². The third-order valence-corrected chi connectivity index (χ3v) is 5.75. The van der Waals surface area contributed by atoms with E-state index in [1.165, 1.54) is 32.3 Å². The third kappa shape index (κ3) is 4.12. The summed E-state index contributed by atoms with van der Waals surface area (Å²) in [5.41, 5.74) is -0.538. The first-order chi connectivity index (χ1) is 15.5. The first kappa shape index (κ1) is 21.7. The second kappa shape index (κ2) is 9.29. The smallest absolute Gasteiger partial charge is 0.316 e. The number of ether oxygens (including phenoxy) is 3. The van der Waals surface area contributed by atoms with Gasteiger partial charge in [0.2, 0.25) is 17.5 Å². The largest absolute Gasteiger partial charge is 0.493 e. The fourth-order valence-electron chi connectivity index (χ4n) is 4.08. The minimum Gasteiger partial charge on any atom is -0.493 e. The SMILES string of the molecule is COc1cc(-c2noc(Cn3ccn(C4CCCCC4)c(=O)c3=O)n2)cc(OC)c1OC. The molecule has 0 radical (unpaired) electrons. The van der Waals surface area contributed by atoms with Crippen LogP contribution in [-0.2, 0) is 6.54 Å². The Labute approximate surface area is 184 Å². The topological polar surface area (TPSA) is 111 Å². The maximum absolute atomic E-state index is 12.6. The van der Waals surface area contributed by atoms with Gasteiger partial charge in [-0.15, -0.1) is 0 Å². The summed E-state index contributed by atoms with van der Waals surface area (Å²) in [5, 5.41) is 4.00. The zero-order chi connectivity index (χ0) is 22.7. The number of methoxy groups -OCH3 is 3. The molecule has 0 atom stereocenters. The summed E-state index contributed by atoms with van der Waals surface area (Å²) in [6.07, 6.45) is 8.44. The molecule has 0 unspecified atom stereocenters. The van der Waals surface area contributed by atoms with Gasteiger partial charge in [-0.25, -0.2) is 0 Å². The van der Waals surface area contributed by atoms with Crippen molar-refractivity contribution in [3.8, 4) is 28.6 Å². The van der Waals surface area contributed by atoms with Crippen LogP contribution in [0.4, 0.5) is 0 Å². The Balaban J connectivity index is 1.60. The monoisotopic (exact) mass is 442 g/mol. The summed E-state index contributed by atoms with van der Waals surface area (Å²) in [5.74, 6) is 1.85. The summed E-state index contributed by atoms with van der Waals surface area (Å²) in [4.78, 5) is 29.6. The molecule has 1 saturated carbocycles. The molecule has 32 heavy (non-hydrogen) atoms. The molecule has 1 aromatic carbocycles. The van der Waals surface area contributed by atoms with Crippen LogP contribution in [0.5, 0.6) is 17.2 Å². The molecule has 0 amide bonds. The van der Waals surface area contributed by atoms with Crippen LogP contribution in [-0.4, -0.2) is 40.6 Å². The number of hydrogen-bond acceptors (Lipinski definition) is 8. The Kier molecular flexibility index (Phi) is 6.29. The minimum atomic E-state index is -0.606. The Morgan fingerprint density at radius 3 is 2.28 bits per heavy atom. The second-order valence-electron chi connectivity index (χ2n) is 7.66. The van der Waals surface area contributed by atoms with Gasteiger partial charge >= 0.3 is 11.1 Å². The first-order valence-corrected chi connectivity index (χ1v) is 10.5. The molecular weight excluding hydrogens is 416 g/mol. The summed E-state index contributed by atoms with van der Waals surface area (Å²) in [6, 6.07) is 3.50. The lowest BCUT2D eigenvalue weighted by Gasteiger charge is -2.23. The van der Waals surface area contributed by atoms with Crippen molar-refractivity contribution in [2.24, 2.45) is 0 Å². The highest BCUT2D eigenvalue weighted by atomic mass is 16.5. The number of benzene rings is 1. The van der Waals surface area contributed by atoms with Gasteiger partial charge in [0.1, 0.15) is 6.54 Å². The molecule has 170 valence electrons. The van der Waals surface area contributed by atoms with Crippen LogP contribution in [0, 0.1) is 0 Å². The number of hydrogen-bond donors (Lipinski definition) is 0. The van der Waals surface area contributed by atoms with Gasteiger partial charge in [0.25, 0.3) is 0 Å². The maximum atomic E-state index is 12.6. The molecule has 2 heterocycles. The van der Waals surface area contributed by atoms with E-state index < -0.39 is 11.1 Å². The number of aromatic nitrogens is 4. The molecule has 1 fully saturated rings. The van der Waals surface area contributed by atoms with Gasteiger partial charge < -0.3 is 23.3 Å². The van der Waals surface area contributed by atoms with Crippen molar-refractivity contribution in [3.05, 3.63) is 51.1 Å². The predicted octanol–water partition coefficient (Wildman–Crippen LogP) is 2.64. The highest BCUT2D eigenvalue weighted by Gasteiger charge is 2.20. The zero-order valence-corrected chi connectivity index (χ0v) is 18.4. The predicted molar refractivity (Wildman–Crippen MR) is 116 cm³/mol. The van der Waals surface area contributed by atoms with Gasteiger partial charge in [-0.2, -0.15) is 4.98 Å². The number of nitrogens with zero attached hydrogens (tertiary/aromatic N) is 4. The van der Waals surface area contributed by atoms with Gasteiger partial charge in [-0.3, -0.25) is 14.2 Å². The van der Waals surface area contributed by atoms with Gasteiger partial charge in [-0.05, 0) is 25.0 Å². The van der Waals surface area contributed by atoms with Gasteiger partial charge in [-0.1, -0.05) is 24.4 Å². The lowest BCUT2D eigenvalue weighted by atomic mass is 9.95. The van der Waals surface area contributed by atoms with E-state index in [1.54, 1.807) is 29.1 Å². The molecule has 0 saturated heterocycles. The quantitative estimate of drug-likeness (QED) is 0.514. The van der Waals surface area contributed by atoms with Crippen molar-refractivity contribution in [2.75, 3.05) is 21.3 Å². The molecule has 4 rings (SSSR count). The molecule has 0 bridgehead atoms. The van der Waals surface area contributed by atoms with Crippen LogP contribution >= 0.6 is 0 Å². The lowest BCUT2D eigenvalue weighted by Crippen LogP contribution is -2.42. The number of rotatable bonds is 7.